The van der Waals surface area contributed by atoms with Crippen LogP contribution in [-0.2, 0) is 24.0 Å². The normalized spacial score (nSPS) is 21.8. The van der Waals surface area contributed by atoms with Crippen LogP contribution in [0.1, 0.15) is 146 Å². The van der Waals surface area contributed by atoms with Crippen molar-refractivity contribution in [3.8, 4) is 0 Å². The van der Waals surface area contributed by atoms with Crippen LogP contribution in [0.5, 0.6) is 0 Å². The lowest BCUT2D eigenvalue weighted by molar-refractivity contribution is -0.141. The van der Waals surface area contributed by atoms with Gasteiger partial charge in [-0.25, -0.2) is 0 Å². The van der Waals surface area contributed by atoms with Gasteiger partial charge in [0.2, 0.25) is 29.5 Å². The van der Waals surface area contributed by atoms with Crippen LogP contribution in [0.25, 0.3) is 0 Å². The van der Waals surface area contributed by atoms with Gasteiger partial charge in [-0.05, 0) is 67.6 Å². The molecule has 10 nitrogen and oxygen atoms in total. The van der Waals surface area contributed by atoms with E-state index in [9.17, 15) is 29.1 Å². The number of likely N-dealkylation sites (tertiary alicyclic amines) is 2. The fourth-order valence-electron chi connectivity index (χ4n) is 6.71. The van der Waals surface area contributed by atoms with Gasteiger partial charge in [-0.1, -0.05) is 68.7 Å². The first-order valence-corrected chi connectivity index (χ1v) is 19.1. The molecule has 4 atom stereocenters. The number of aliphatic hydroxyl groups is 1. The monoisotopic (exact) mass is 708 g/mol. The Bertz CT molecular complexity index is 1140. The van der Waals surface area contributed by atoms with Crippen LogP contribution in [0.3, 0.4) is 0 Å². The number of imide groups is 1. The van der Waals surface area contributed by atoms with Gasteiger partial charge in [0.15, 0.2) is 0 Å². The Morgan fingerprint density at radius 2 is 1.29 bits per heavy atom. The Kier molecular flexibility index (Phi) is 16.1. The molecule has 2 saturated heterocycles. The maximum atomic E-state index is 13.3. The average molecular weight is 709 g/mol. The summed E-state index contributed by atoms with van der Waals surface area (Å²) in [6.45, 7) is 20.7. The topological polar surface area (TPSA) is 136 Å². The Balaban J connectivity index is 1.65. The summed E-state index contributed by atoms with van der Waals surface area (Å²) in [4.78, 5) is 66.4. The third kappa shape index (κ3) is 14.6. The molecule has 4 unspecified atom stereocenters. The summed E-state index contributed by atoms with van der Waals surface area (Å²) in [5.74, 6) is -0.749. The van der Waals surface area contributed by atoms with Crippen LogP contribution in [0, 0.1) is 28.1 Å². The first kappa shape index (κ1) is 43.0. The van der Waals surface area contributed by atoms with Gasteiger partial charge in [-0.15, -0.1) is 0 Å². The van der Waals surface area contributed by atoms with Crippen molar-refractivity contribution in [2.45, 2.75) is 157 Å². The largest absolute Gasteiger partial charge is 0.373 e. The molecule has 0 saturated carbocycles. The summed E-state index contributed by atoms with van der Waals surface area (Å²) in [7, 11) is 0. The van der Waals surface area contributed by atoms with Gasteiger partial charge in [-0.2, -0.15) is 12.6 Å². The highest BCUT2D eigenvalue weighted by Gasteiger charge is 2.47. The minimum absolute atomic E-state index is 0.00163. The van der Waals surface area contributed by atoms with E-state index in [-0.39, 0.29) is 68.8 Å². The number of nitrogens with zero attached hydrogens (tertiary/aromatic N) is 2. The van der Waals surface area contributed by atoms with E-state index in [1.165, 1.54) is 4.90 Å². The number of thiol groups is 1. The molecule has 0 aromatic carbocycles. The van der Waals surface area contributed by atoms with E-state index < -0.39 is 6.23 Å². The molecule has 3 N–H and O–H groups in total. The number of hydrogen-bond donors (Lipinski definition) is 4. The second-order valence-corrected chi connectivity index (χ2v) is 18.9. The van der Waals surface area contributed by atoms with Crippen LogP contribution in [0.2, 0.25) is 0 Å². The maximum absolute atomic E-state index is 13.3. The van der Waals surface area contributed by atoms with E-state index in [0.29, 0.717) is 71.1 Å². The second-order valence-electron chi connectivity index (χ2n) is 17.8. The van der Waals surface area contributed by atoms with Gasteiger partial charge in [0.25, 0.3) is 0 Å². The molecule has 2 rings (SSSR count). The molecule has 49 heavy (non-hydrogen) atoms. The summed E-state index contributed by atoms with van der Waals surface area (Å²) < 4.78 is -0.356. The molecule has 11 heteroatoms. The molecule has 5 amide bonds. The molecule has 282 valence electrons. The van der Waals surface area contributed by atoms with E-state index in [1.807, 2.05) is 41.5 Å². The van der Waals surface area contributed by atoms with E-state index in [1.54, 1.807) is 4.90 Å². The predicted molar refractivity (Wildman–Crippen MR) is 198 cm³/mol. The van der Waals surface area contributed by atoms with E-state index >= 15 is 0 Å². The molecule has 2 fully saturated rings. The summed E-state index contributed by atoms with van der Waals surface area (Å²) in [5.41, 5.74) is -0.381. The zero-order chi connectivity index (χ0) is 37.2. The van der Waals surface area contributed by atoms with Crippen molar-refractivity contribution >= 4 is 42.2 Å². The minimum Gasteiger partial charge on any atom is -0.373 e. The third-order valence-electron chi connectivity index (χ3n) is 10.4. The van der Waals surface area contributed by atoms with Crippen molar-refractivity contribution < 1.29 is 29.1 Å². The smallest absolute Gasteiger partial charge is 0.233 e. The lowest BCUT2D eigenvalue weighted by Gasteiger charge is -2.34. The molecule has 0 spiro atoms. The Hall–Kier alpha value is -2.14. The summed E-state index contributed by atoms with van der Waals surface area (Å²) in [5, 5.41) is 16.3. The molecule has 0 aromatic heterocycles. The molecule has 2 aliphatic rings. The number of carbonyl (C=O) groups excluding carboxylic acids is 5. The zero-order valence-electron chi connectivity index (χ0n) is 32.1. The quantitative estimate of drug-likeness (QED) is 0.0711. The SMILES string of the molecule is CC(C)(C)CCNC(=O)CCCCCN1C(=O)CC(C(C)(C)CCC(C)(S)CCNC(=O)CCCCN2C(=O)C(C(C)(C)C)CC2O)C1=O. The van der Waals surface area contributed by atoms with Crippen molar-refractivity contribution in [3.05, 3.63) is 0 Å². The highest BCUT2D eigenvalue weighted by Crippen LogP contribution is 2.42. The molecule has 0 radical (unpaired) electrons. The summed E-state index contributed by atoms with van der Waals surface area (Å²) in [6.07, 6.45) is 7.30. The van der Waals surface area contributed by atoms with Gasteiger partial charge < -0.3 is 20.6 Å². The van der Waals surface area contributed by atoms with E-state index in [0.717, 1.165) is 32.1 Å². The molecule has 2 heterocycles. The lowest BCUT2D eigenvalue weighted by Crippen LogP contribution is -2.37. The number of aliphatic hydroxyl groups excluding tert-OH is 1. The molecule has 2 aliphatic heterocycles. The van der Waals surface area contributed by atoms with Crippen LogP contribution in [-0.4, -0.2) is 81.6 Å². The Morgan fingerprint density at radius 3 is 1.84 bits per heavy atom. The van der Waals surface area contributed by atoms with Gasteiger partial charge in [-0.3, -0.25) is 28.9 Å². The second kappa shape index (κ2) is 18.4. The average Bonchev–Trinajstić information content (AvgIpc) is 3.43. The third-order valence-corrected chi connectivity index (χ3v) is 10.9. The molecular weight excluding hydrogens is 641 g/mol. The molecular formula is C38H68N4O6S. The van der Waals surface area contributed by atoms with Crippen molar-refractivity contribution in [3.63, 3.8) is 0 Å². The number of nitrogens with one attached hydrogen (secondary N) is 2. The van der Waals surface area contributed by atoms with Gasteiger partial charge in [0.05, 0.1) is 5.92 Å². The number of amides is 5. The maximum Gasteiger partial charge on any atom is 0.233 e. The number of hydrogen-bond acceptors (Lipinski definition) is 7. The minimum atomic E-state index is -0.750. The fraction of sp³-hybridized carbons (Fsp3) is 0.868. The standard InChI is InChI=1S/C38H68N4O6S/c1-35(2,3)19-21-39-29(43)15-11-10-13-23-42-32(46)26-28(34(42)48)37(7,8)17-18-38(9,49)20-22-40-30(44)16-12-14-24-41-31(45)25-27(33(41)47)36(4,5)6/h27-28,31,45,49H,10-26H2,1-9H3,(H,39,43)(H,40,44). The fourth-order valence-corrected chi connectivity index (χ4v) is 6.94. The van der Waals surface area contributed by atoms with Crippen molar-refractivity contribution in [1.29, 1.82) is 0 Å². The van der Waals surface area contributed by atoms with E-state index in [2.05, 4.69) is 31.4 Å². The van der Waals surface area contributed by atoms with Crippen LogP contribution in [0.15, 0.2) is 0 Å². The predicted octanol–water partition coefficient (Wildman–Crippen LogP) is 5.86. The molecule has 0 bridgehead atoms. The number of carbonyl (C=O) groups is 5. The Labute approximate surface area is 302 Å². The highest BCUT2D eigenvalue weighted by atomic mass is 32.1. The van der Waals surface area contributed by atoms with Crippen molar-refractivity contribution in [1.82, 2.24) is 20.4 Å². The number of unbranched alkanes of at least 4 members (excludes halogenated alkanes) is 3. The number of rotatable bonds is 20. The zero-order valence-corrected chi connectivity index (χ0v) is 33.0. The van der Waals surface area contributed by atoms with E-state index in [4.69, 9.17) is 12.6 Å². The van der Waals surface area contributed by atoms with Crippen LogP contribution < -0.4 is 10.6 Å². The van der Waals surface area contributed by atoms with Crippen molar-refractivity contribution in [2.75, 3.05) is 26.2 Å². The summed E-state index contributed by atoms with van der Waals surface area (Å²) >= 11 is 4.89. The van der Waals surface area contributed by atoms with Crippen LogP contribution in [0.4, 0.5) is 0 Å². The first-order valence-electron chi connectivity index (χ1n) is 18.6. The summed E-state index contributed by atoms with van der Waals surface area (Å²) in [6, 6.07) is 0. The van der Waals surface area contributed by atoms with Gasteiger partial charge in [0.1, 0.15) is 6.23 Å². The van der Waals surface area contributed by atoms with Gasteiger partial charge >= 0.3 is 0 Å². The lowest BCUT2D eigenvalue weighted by atomic mass is 9.73. The molecule has 0 aromatic rings. The van der Waals surface area contributed by atoms with Gasteiger partial charge in [0, 0.05) is 62.5 Å². The molecule has 0 aliphatic carbocycles. The Morgan fingerprint density at radius 1 is 0.735 bits per heavy atom. The van der Waals surface area contributed by atoms with Crippen molar-refractivity contribution in [2.24, 2.45) is 28.1 Å². The first-order chi connectivity index (χ1) is 22.5. The highest BCUT2D eigenvalue weighted by molar-refractivity contribution is 7.81. The van der Waals surface area contributed by atoms with Crippen LogP contribution >= 0.6 is 12.6 Å².